The van der Waals surface area contributed by atoms with Crippen LogP contribution >= 0.6 is 0 Å². The molecule has 6 aromatic rings. The van der Waals surface area contributed by atoms with Gasteiger partial charge in [-0.25, -0.2) is 9.97 Å². The fraction of sp³-hybridized carbons (Fsp3) is 0.297. The number of hydrogen-bond acceptors (Lipinski definition) is 3. The highest BCUT2D eigenvalue weighted by atomic mass is 16.5. The van der Waals surface area contributed by atoms with Gasteiger partial charge in [-0.1, -0.05) is 57.7 Å². The van der Waals surface area contributed by atoms with Gasteiger partial charge >= 0.3 is 0 Å². The molecular formula is C37H40N4O. The molecule has 2 heterocycles. The van der Waals surface area contributed by atoms with Gasteiger partial charge in [-0.15, -0.1) is 0 Å². The summed E-state index contributed by atoms with van der Waals surface area (Å²) < 4.78 is 10.5. The van der Waals surface area contributed by atoms with Crippen LogP contribution in [0.4, 0.5) is 0 Å². The number of nitrogens with zero attached hydrogens (tertiary/aromatic N) is 4. The van der Waals surface area contributed by atoms with Crippen molar-refractivity contribution in [1.29, 1.82) is 0 Å². The molecule has 2 aromatic heterocycles. The van der Waals surface area contributed by atoms with Crippen molar-refractivity contribution in [2.45, 2.75) is 66.2 Å². The summed E-state index contributed by atoms with van der Waals surface area (Å²) in [5.41, 5.74) is 11.3. The number of rotatable bonds is 11. The zero-order chi connectivity index (χ0) is 29.1. The summed E-state index contributed by atoms with van der Waals surface area (Å²) in [7, 11) is 0. The van der Waals surface area contributed by atoms with Gasteiger partial charge in [0.25, 0.3) is 0 Å². The van der Waals surface area contributed by atoms with Crippen LogP contribution in [0.1, 0.15) is 62.6 Å². The Bertz CT molecular complexity index is 1830. The third kappa shape index (κ3) is 5.44. The van der Waals surface area contributed by atoms with E-state index in [1.165, 1.54) is 36.0 Å². The minimum absolute atomic E-state index is 0.759. The van der Waals surface area contributed by atoms with E-state index in [2.05, 4.69) is 116 Å². The Hall–Kier alpha value is -4.38. The summed E-state index contributed by atoms with van der Waals surface area (Å²) in [6.07, 6.45) is 8.96. The zero-order valence-corrected chi connectivity index (χ0v) is 25.2. The zero-order valence-electron chi connectivity index (χ0n) is 25.2. The van der Waals surface area contributed by atoms with Crippen molar-refractivity contribution in [2.75, 3.05) is 6.61 Å². The molecule has 0 saturated carbocycles. The van der Waals surface area contributed by atoms with Crippen molar-refractivity contribution in [3.8, 4) is 28.5 Å². The van der Waals surface area contributed by atoms with Gasteiger partial charge in [0.15, 0.2) is 0 Å². The molecule has 0 aliphatic heterocycles. The van der Waals surface area contributed by atoms with Crippen LogP contribution in [0.3, 0.4) is 0 Å². The molecule has 0 fully saturated rings. The fourth-order valence-electron chi connectivity index (χ4n) is 5.87. The molecule has 5 heteroatoms. The van der Waals surface area contributed by atoms with Crippen molar-refractivity contribution in [1.82, 2.24) is 19.1 Å². The Morgan fingerprint density at radius 2 is 1.57 bits per heavy atom. The van der Waals surface area contributed by atoms with E-state index in [1.54, 1.807) is 0 Å². The van der Waals surface area contributed by atoms with Gasteiger partial charge in [0, 0.05) is 11.3 Å². The molecule has 0 unspecified atom stereocenters. The molecule has 0 bridgehead atoms. The van der Waals surface area contributed by atoms with Crippen LogP contribution in [0.15, 0.2) is 85.2 Å². The lowest BCUT2D eigenvalue weighted by atomic mass is 10.0. The maximum Gasteiger partial charge on any atom is 0.146 e. The molecule has 0 aliphatic carbocycles. The highest BCUT2D eigenvalue weighted by Crippen LogP contribution is 2.34. The number of ether oxygens (including phenoxy) is 1. The third-order valence-corrected chi connectivity index (χ3v) is 8.12. The largest absolute Gasteiger partial charge is 0.494 e. The lowest BCUT2D eigenvalue weighted by Crippen LogP contribution is -2.02. The van der Waals surface area contributed by atoms with E-state index in [0.717, 1.165) is 76.4 Å². The number of hydrogen-bond donors (Lipinski definition) is 0. The van der Waals surface area contributed by atoms with Crippen molar-refractivity contribution >= 4 is 22.1 Å². The lowest BCUT2D eigenvalue weighted by Gasteiger charge is -2.16. The number of fused-ring (bicyclic) bond motifs is 2. The maximum absolute atomic E-state index is 6.03. The first kappa shape index (κ1) is 27.8. The van der Waals surface area contributed by atoms with E-state index in [-0.39, 0.29) is 0 Å². The number of aromatic nitrogens is 4. The number of benzene rings is 4. The molecule has 214 valence electrons. The van der Waals surface area contributed by atoms with Crippen LogP contribution in [-0.2, 0) is 6.42 Å². The van der Waals surface area contributed by atoms with Crippen LogP contribution in [0.2, 0.25) is 0 Å². The second-order valence-corrected chi connectivity index (χ2v) is 11.3. The number of para-hydroxylation sites is 2. The van der Waals surface area contributed by atoms with Gasteiger partial charge in [0.05, 0.1) is 34.4 Å². The summed E-state index contributed by atoms with van der Waals surface area (Å²) in [6.45, 7) is 9.56. The molecule has 42 heavy (non-hydrogen) atoms. The average molecular weight is 557 g/mol. The van der Waals surface area contributed by atoms with Crippen LogP contribution < -0.4 is 4.74 Å². The molecular weight excluding hydrogens is 516 g/mol. The van der Waals surface area contributed by atoms with E-state index in [1.807, 2.05) is 6.33 Å². The smallest absolute Gasteiger partial charge is 0.146 e. The SMILES string of the molecule is CCCCCCOc1ccc(-n2c(-c3cc(C)c(-n4cnc5cc(CCC)ccc54)cc3C)nc3ccccc32)cc1. The molecule has 0 saturated heterocycles. The number of aryl methyl sites for hydroxylation is 3. The second kappa shape index (κ2) is 12.2. The predicted octanol–water partition coefficient (Wildman–Crippen LogP) is 9.56. The van der Waals surface area contributed by atoms with Gasteiger partial charge in [-0.05, 0) is 104 Å². The van der Waals surface area contributed by atoms with E-state index in [0.29, 0.717) is 0 Å². The standard InChI is InChI=1S/C37H40N4O/c1-5-7-8-11-21-42-30-18-16-29(17-19-30)41-35-14-10-9-13-32(35)39-37(41)31-22-27(4)36(23-26(31)3)40-25-38-33-24-28(12-6-2)15-20-34(33)40/h9-10,13-20,22-25H,5-8,11-12,21H2,1-4H3. The minimum Gasteiger partial charge on any atom is -0.494 e. The monoisotopic (exact) mass is 556 g/mol. The van der Waals surface area contributed by atoms with Crippen molar-refractivity contribution in [3.05, 3.63) is 102 Å². The van der Waals surface area contributed by atoms with Gasteiger partial charge < -0.3 is 4.74 Å². The Morgan fingerprint density at radius 3 is 2.38 bits per heavy atom. The molecule has 0 radical (unpaired) electrons. The third-order valence-electron chi connectivity index (χ3n) is 8.12. The number of unbranched alkanes of at least 4 members (excludes halogenated alkanes) is 3. The summed E-state index contributed by atoms with van der Waals surface area (Å²) in [4.78, 5) is 9.89. The van der Waals surface area contributed by atoms with Crippen LogP contribution in [0.25, 0.3) is 44.8 Å². The molecule has 0 spiro atoms. The van der Waals surface area contributed by atoms with Gasteiger partial charge in [0.2, 0.25) is 0 Å². The molecule has 0 aliphatic rings. The topological polar surface area (TPSA) is 44.9 Å². The first-order valence-corrected chi connectivity index (χ1v) is 15.4. The average Bonchev–Trinajstić information content (AvgIpc) is 3.60. The van der Waals surface area contributed by atoms with E-state index >= 15 is 0 Å². The van der Waals surface area contributed by atoms with Crippen LogP contribution in [0.5, 0.6) is 5.75 Å². The van der Waals surface area contributed by atoms with Crippen molar-refractivity contribution in [3.63, 3.8) is 0 Å². The predicted molar refractivity (Wildman–Crippen MR) is 174 cm³/mol. The van der Waals surface area contributed by atoms with Crippen LogP contribution in [0, 0.1) is 13.8 Å². The normalized spacial score (nSPS) is 11.5. The molecule has 0 amide bonds. The first-order chi connectivity index (χ1) is 20.6. The van der Waals surface area contributed by atoms with Gasteiger partial charge in [-0.2, -0.15) is 0 Å². The number of imidazole rings is 2. The van der Waals surface area contributed by atoms with E-state index in [4.69, 9.17) is 14.7 Å². The molecule has 4 aromatic carbocycles. The summed E-state index contributed by atoms with van der Waals surface area (Å²) >= 11 is 0. The molecule has 0 atom stereocenters. The van der Waals surface area contributed by atoms with Crippen molar-refractivity contribution in [2.24, 2.45) is 0 Å². The Kier molecular flexibility index (Phi) is 8.09. The fourth-order valence-corrected chi connectivity index (χ4v) is 5.87. The molecule has 0 N–H and O–H groups in total. The Labute approximate surface area is 248 Å². The minimum atomic E-state index is 0.759. The second-order valence-electron chi connectivity index (χ2n) is 11.3. The van der Waals surface area contributed by atoms with Gasteiger partial charge in [-0.3, -0.25) is 9.13 Å². The maximum atomic E-state index is 6.03. The Balaban J connectivity index is 1.37. The summed E-state index contributed by atoms with van der Waals surface area (Å²) in [5, 5.41) is 0. The summed E-state index contributed by atoms with van der Waals surface area (Å²) in [6, 6.07) is 28.0. The first-order valence-electron chi connectivity index (χ1n) is 15.4. The Morgan fingerprint density at radius 1 is 0.738 bits per heavy atom. The van der Waals surface area contributed by atoms with Crippen molar-refractivity contribution < 1.29 is 4.74 Å². The van der Waals surface area contributed by atoms with Gasteiger partial charge in [0.1, 0.15) is 17.9 Å². The quantitative estimate of drug-likeness (QED) is 0.149. The molecule has 6 rings (SSSR count). The lowest BCUT2D eigenvalue weighted by molar-refractivity contribution is 0.305. The van der Waals surface area contributed by atoms with E-state index in [9.17, 15) is 0 Å². The van der Waals surface area contributed by atoms with Crippen LogP contribution in [-0.4, -0.2) is 25.7 Å². The summed E-state index contributed by atoms with van der Waals surface area (Å²) in [5.74, 6) is 1.85. The highest BCUT2D eigenvalue weighted by molar-refractivity contribution is 5.85. The van der Waals surface area contributed by atoms with E-state index < -0.39 is 0 Å². The highest BCUT2D eigenvalue weighted by Gasteiger charge is 2.18. The molecule has 5 nitrogen and oxygen atoms in total.